The molecule has 2 heterocycles. The first-order valence-corrected chi connectivity index (χ1v) is 7.78. The monoisotopic (exact) mass is 344 g/mol. The lowest BCUT2D eigenvalue weighted by atomic mass is 10.1. The van der Waals surface area contributed by atoms with E-state index in [2.05, 4.69) is 20.0 Å². The second-order valence-electron chi connectivity index (χ2n) is 5.21. The summed E-state index contributed by atoms with van der Waals surface area (Å²) in [6.07, 6.45) is 2.05. The van der Waals surface area contributed by atoms with Crippen molar-refractivity contribution in [2.75, 3.05) is 19.9 Å². The Morgan fingerprint density at radius 1 is 1.36 bits per heavy atom. The van der Waals surface area contributed by atoms with Crippen LogP contribution in [0.25, 0.3) is 0 Å². The van der Waals surface area contributed by atoms with Gasteiger partial charge < -0.3 is 14.6 Å². The predicted octanol–water partition coefficient (Wildman–Crippen LogP) is 2.27. The van der Waals surface area contributed by atoms with Crippen molar-refractivity contribution >= 4 is 11.6 Å². The molecule has 0 atom stereocenters. The molecule has 25 heavy (non-hydrogen) atoms. The summed E-state index contributed by atoms with van der Waals surface area (Å²) in [6, 6.07) is 6.91. The topological polar surface area (TPSA) is 89.2 Å². The molecule has 1 aliphatic rings. The molecule has 0 spiro atoms. The van der Waals surface area contributed by atoms with Crippen molar-refractivity contribution in [2.45, 2.75) is 13.3 Å². The summed E-state index contributed by atoms with van der Waals surface area (Å²) >= 11 is 0. The van der Waals surface area contributed by atoms with Crippen molar-refractivity contribution < 1.29 is 19.0 Å². The number of aliphatic imine (C=N–C) groups is 2. The highest BCUT2D eigenvalue weighted by Gasteiger charge is 2.21. The summed E-state index contributed by atoms with van der Waals surface area (Å²) in [7, 11) is 0. The number of aliphatic hydroxyl groups is 1. The highest BCUT2D eigenvalue weighted by molar-refractivity contribution is 6.46. The summed E-state index contributed by atoms with van der Waals surface area (Å²) in [6.45, 7) is 2.22. The molecule has 0 bridgehead atoms. The Balaban J connectivity index is 2.01. The first-order valence-electron chi connectivity index (χ1n) is 7.78. The van der Waals surface area contributed by atoms with E-state index in [9.17, 15) is 9.50 Å². The van der Waals surface area contributed by atoms with E-state index in [1.165, 1.54) is 13.3 Å². The van der Waals surface area contributed by atoms with E-state index >= 15 is 0 Å². The molecule has 7 nitrogen and oxygen atoms in total. The molecule has 1 N–H and O–H groups in total. The molecular weight excluding hydrogens is 327 g/mol. The van der Waals surface area contributed by atoms with Gasteiger partial charge in [-0.05, 0) is 19.1 Å². The second-order valence-corrected chi connectivity index (χ2v) is 5.21. The Bertz CT molecular complexity index is 823. The minimum absolute atomic E-state index is 0.185. The van der Waals surface area contributed by atoms with Crippen LogP contribution in [0.5, 0.6) is 11.6 Å². The van der Waals surface area contributed by atoms with Gasteiger partial charge in [0.1, 0.15) is 24.5 Å². The van der Waals surface area contributed by atoms with Crippen LogP contribution < -0.4 is 4.74 Å². The van der Waals surface area contributed by atoms with Gasteiger partial charge in [0.2, 0.25) is 11.7 Å². The third-order valence-electron chi connectivity index (χ3n) is 3.51. The van der Waals surface area contributed by atoms with E-state index in [0.717, 1.165) is 6.42 Å². The highest BCUT2D eigenvalue weighted by atomic mass is 19.1. The number of aryl methyl sites for hydroxylation is 1. The molecule has 0 saturated carbocycles. The van der Waals surface area contributed by atoms with E-state index in [4.69, 9.17) is 9.47 Å². The highest BCUT2D eigenvalue weighted by Crippen LogP contribution is 2.27. The fourth-order valence-electron chi connectivity index (χ4n) is 2.30. The van der Waals surface area contributed by atoms with E-state index in [1.807, 2.05) is 0 Å². The van der Waals surface area contributed by atoms with Gasteiger partial charge in [0.15, 0.2) is 0 Å². The molecule has 1 aliphatic heterocycles. The van der Waals surface area contributed by atoms with Gasteiger partial charge >= 0.3 is 0 Å². The van der Waals surface area contributed by atoms with Crippen molar-refractivity contribution in [3.63, 3.8) is 0 Å². The van der Waals surface area contributed by atoms with Crippen molar-refractivity contribution in [2.24, 2.45) is 9.98 Å². The molecule has 3 rings (SSSR count). The molecular formula is C17H17FN4O3. The Hall–Kier alpha value is -2.87. The van der Waals surface area contributed by atoms with Crippen molar-refractivity contribution in [3.05, 3.63) is 47.7 Å². The van der Waals surface area contributed by atoms with Crippen LogP contribution in [0.2, 0.25) is 0 Å². The van der Waals surface area contributed by atoms with Crippen LogP contribution >= 0.6 is 0 Å². The molecule has 130 valence electrons. The Morgan fingerprint density at radius 2 is 2.20 bits per heavy atom. The summed E-state index contributed by atoms with van der Waals surface area (Å²) in [5, 5.41) is 9.27. The number of ether oxygens (including phenoxy) is 2. The molecule has 8 heteroatoms. The average molecular weight is 344 g/mol. The van der Waals surface area contributed by atoms with Crippen molar-refractivity contribution in [1.29, 1.82) is 0 Å². The van der Waals surface area contributed by atoms with Gasteiger partial charge in [-0.15, -0.1) is 0 Å². The Labute approximate surface area is 143 Å². The van der Waals surface area contributed by atoms with Crippen LogP contribution in [0, 0.1) is 12.7 Å². The number of para-hydroxylation sites is 1. The van der Waals surface area contributed by atoms with Crippen LogP contribution in [0.15, 0.2) is 40.6 Å². The van der Waals surface area contributed by atoms with Crippen LogP contribution in [-0.4, -0.2) is 46.6 Å². The first kappa shape index (κ1) is 17.0. The van der Waals surface area contributed by atoms with Crippen LogP contribution in [-0.2, 0) is 4.74 Å². The first-order chi connectivity index (χ1) is 12.2. The van der Waals surface area contributed by atoms with Crippen molar-refractivity contribution in [1.82, 2.24) is 9.97 Å². The number of hydrogen-bond donors (Lipinski definition) is 1. The summed E-state index contributed by atoms with van der Waals surface area (Å²) in [5.74, 6) is -0.168. The lowest BCUT2D eigenvalue weighted by molar-refractivity contribution is 0.286. The van der Waals surface area contributed by atoms with Crippen LogP contribution in [0.3, 0.4) is 0 Å². The number of rotatable bonds is 5. The van der Waals surface area contributed by atoms with Gasteiger partial charge in [-0.25, -0.2) is 9.98 Å². The quantitative estimate of drug-likeness (QED) is 0.841. The zero-order valence-corrected chi connectivity index (χ0v) is 13.6. The predicted molar refractivity (Wildman–Crippen MR) is 89.7 cm³/mol. The molecule has 0 saturated heterocycles. The average Bonchev–Trinajstić information content (AvgIpc) is 2.65. The largest absolute Gasteiger partial charge is 0.476 e. The number of aliphatic hydroxyl groups excluding tert-OH is 1. The van der Waals surface area contributed by atoms with E-state index < -0.39 is 12.5 Å². The normalized spacial score (nSPS) is 14.7. The van der Waals surface area contributed by atoms with Gasteiger partial charge in [0.25, 0.3) is 5.88 Å². The summed E-state index contributed by atoms with van der Waals surface area (Å²) in [4.78, 5) is 16.0. The van der Waals surface area contributed by atoms with Crippen molar-refractivity contribution in [3.8, 4) is 11.6 Å². The summed E-state index contributed by atoms with van der Waals surface area (Å²) in [5.41, 5.74) is 1.06. The maximum atomic E-state index is 14.2. The fraction of sp³-hybridized carbons (Fsp3) is 0.294. The standard InChI is InChI=1S/C17H17FN4O3/c1-11-14(18)16(21-9-20-11)25-13-6-3-2-5-12(13)15(22-10-23)17-19-7-4-8-24-17/h2-3,5-6,9,23H,4,7-8,10H2,1H3/b22-15+. The Morgan fingerprint density at radius 3 is 2.96 bits per heavy atom. The lowest BCUT2D eigenvalue weighted by Gasteiger charge is -2.17. The van der Waals surface area contributed by atoms with Gasteiger partial charge in [0, 0.05) is 18.5 Å². The molecule has 2 aromatic rings. The van der Waals surface area contributed by atoms with Gasteiger partial charge in [-0.3, -0.25) is 4.99 Å². The van der Waals surface area contributed by atoms with Crippen LogP contribution in [0.1, 0.15) is 17.7 Å². The maximum Gasteiger partial charge on any atom is 0.259 e. The third kappa shape index (κ3) is 3.80. The van der Waals surface area contributed by atoms with Gasteiger partial charge in [-0.2, -0.15) is 9.37 Å². The SMILES string of the molecule is Cc1ncnc(Oc2ccccc2/C(=N\CO)C2=NCCCO2)c1F. The van der Waals surface area contributed by atoms with E-state index in [0.29, 0.717) is 36.1 Å². The maximum absolute atomic E-state index is 14.2. The second kappa shape index (κ2) is 7.80. The number of halogens is 1. The van der Waals surface area contributed by atoms with Crippen LogP contribution in [0.4, 0.5) is 4.39 Å². The molecule has 1 aromatic heterocycles. The number of nitrogens with zero attached hydrogens (tertiary/aromatic N) is 4. The fourth-order valence-corrected chi connectivity index (χ4v) is 2.30. The molecule has 1 aromatic carbocycles. The smallest absolute Gasteiger partial charge is 0.259 e. The minimum atomic E-state index is -0.635. The molecule has 0 unspecified atom stereocenters. The molecule has 0 radical (unpaired) electrons. The van der Waals surface area contributed by atoms with E-state index in [-0.39, 0.29) is 11.6 Å². The molecule has 0 fully saturated rings. The lowest BCUT2D eigenvalue weighted by Crippen LogP contribution is -2.24. The third-order valence-corrected chi connectivity index (χ3v) is 3.51. The summed E-state index contributed by atoms with van der Waals surface area (Å²) < 4.78 is 25.3. The number of benzene rings is 1. The molecule has 0 amide bonds. The number of hydrogen-bond acceptors (Lipinski definition) is 7. The number of aromatic nitrogens is 2. The van der Waals surface area contributed by atoms with Gasteiger partial charge in [0.05, 0.1) is 12.3 Å². The van der Waals surface area contributed by atoms with E-state index in [1.54, 1.807) is 24.3 Å². The Kier molecular flexibility index (Phi) is 5.30. The zero-order chi connectivity index (χ0) is 17.6. The molecule has 0 aliphatic carbocycles. The van der Waals surface area contributed by atoms with Gasteiger partial charge in [-0.1, -0.05) is 12.1 Å². The minimum Gasteiger partial charge on any atom is -0.476 e. The zero-order valence-electron chi connectivity index (χ0n) is 13.6.